The van der Waals surface area contributed by atoms with Crippen LogP contribution in [0.2, 0.25) is 0 Å². The average molecular weight is 341 g/mol. The SMILES string of the molecule is COc1ccccc1C(=O)N1CC[C@@](O)(COc2cccc(C)c2)C1. The first kappa shape index (κ1) is 17.3. The Morgan fingerprint density at radius 2 is 2.04 bits per heavy atom. The fraction of sp³-hybridized carbons (Fsp3) is 0.350. The number of aryl methyl sites for hydroxylation is 1. The molecule has 1 fully saturated rings. The molecule has 3 rings (SSSR count). The molecule has 0 saturated carbocycles. The van der Waals surface area contributed by atoms with E-state index in [1.807, 2.05) is 37.3 Å². The van der Waals surface area contributed by atoms with Crippen molar-refractivity contribution in [2.45, 2.75) is 18.9 Å². The van der Waals surface area contributed by atoms with Crippen molar-refractivity contribution in [3.05, 3.63) is 59.7 Å². The molecule has 25 heavy (non-hydrogen) atoms. The van der Waals surface area contributed by atoms with Crippen molar-refractivity contribution in [2.24, 2.45) is 0 Å². The topological polar surface area (TPSA) is 59.0 Å². The minimum absolute atomic E-state index is 0.135. The molecule has 1 aliphatic heterocycles. The van der Waals surface area contributed by atoms with Crippen molar-refractivity contribution in [3.8, 4) is 11.5 Å². The van der Waals surface area contributed by atoms with Gasteiger partial charge in [0.25, 0.3) is 5.91 Å². The Morgan fingerprint density at radius 1 is 1.24 bits per heavy atom. The van der Waals surface area contributed by atoms with E-state index in [9.17, 15) is 9.90 Å². The second-order valence-corrected chi connectivity index (χ2v) is 6.51. The van der Waals surface area contributed by atoms with E-state index in [0.29, 0.717) is 24.3 Å². The number of hydrogen-bond donors (Lipinski definition) is 1. The molecule has 1 heterocycles. The van der Waals surface area contributed by atoms with Crippen LogP contribution in [0.3, 0.4) is 0 Å². The zero-order valence-corrected chi connectivity index (χ0v) is 14.6. The fourth-order valence-corrected chi connectivity index (χ4v) is 3.06. The van der Waals surface area contributed by atoms with Crippen LogP contribution in [0.4, 0.5) is 0 Å². The number of rotatable bonds is 5. The summed E-state index contributed by atoms with van der Waals surface area (Å²) in [7, 11) is 1.54. The molecule has 1 amide bonds. The van der Waals surface area contributed by atoms with E-state index in [0.717, 1.165) is 11.3 Å². The fourth-order valence-electron chi connectivity index (χ4n) is 3.06. The minimum atomic E-state index is -1.04. The van der Waals surface area contributed by atoms with Gasteiger partial charge in [-0.2, -0.15) is 0 Å². The number of benzene rings is 2. The largest absolute Gasteiger partial charge is 0.496 e. The van der Waals surface area contributed by atoms with Crippen LogP contribution in [-0.2, 0) is 0 Å². The molecule has 2 aromatic rings. The van der Waals surface area contributed by atoms with Gasteiger partial charge in [0.05, 0.1) is 19.2 Å². The number of methoxy groups -OCH3 is 1. The summed E-state index contributed by atoms with van der Waals surface area (Å²) in [5, 5.41) is 10.8. The van der Waals surface area contributed by atoms with E-state index >= 15 is 0 Å². The highest BCUT2D eigenvalue weighted by molar-refractivity contribution is 5.97. The van der Waals surface area contributed by atoms with Crippen LogP contribution in [0, 0.1) is 6.92 Å². The maximum atomic E-state index is 12.7. The molecule has 1 saturated heterocycles. The lowest BCUT2D eigenvalue weighted by molar-refractivity contribution is 0.00426. The summed E-state index contributed by atoms with van der Waals surface area (Å²) >= 11 is 0. The molecule has 0 aliphatic carbocycles. The third-order valence-electron chi connectivity index (χ3n) is 4.45. The first-order valence-corrected chi connectivity index (χ1v) is 8.35. The maximum Gasteiger partial charge on any atom is 0.257 e. The molecule has 5 heteroatoms. The molecule has 0 radical (unpaired) electrons. The number of para-hydroxylation sites is 1. The lowest BCUT2D eigenvalue weighted by Gasteiger charge is -2.24. The van der Waals surface area contributed by atoms with Crippen LogP contribution in [0.5, 0.6) is 11.5 Å². The van der Waals surface area contributed by atoms with Crippen LogP contribution in [0.1, 0.15) is 22.3 Å². The Kier molecular flexibility index (Phi) is 4.95. The molecule has 1 aliphatic rings. The molecule has 1 atom stereocenters. The second kappa shape index (κ2) is 7.15. The van der Waals surface area contributed by atoms with Gasteiger partial charge in [-0.05, 0) is 43.2 Å². The number of carbonyl (C=O) groups excluding carboxylic acids is 1. The molecule has 132 valence electrons. The zero-order valence-electron chi connectivity index (χ0n) is 14.6. The van der Waals surface area contributed by atoms with Gasteiger partial charge in [-0.15, -0.1) is 0 Å². The number of β-amino-alcohol motifs (C(OH)–C–C–N with tert-alkyl or cyclic N) is 1. The van der Waals surface area contributed by atoms with E-state index < -0.39 is 5.60 Å². The predicted octanol–water partition coefficient (Wildman–Crippen LogP) is 2.66. The lowest BCUT2D eigenvalue weighted by atomic mass is 10.1. The number of hydrogen-bond acceptors (Lipinski definition) is 4. The van der Waals surface area contributed by atoms with Crippen LogP contribution < -0.4 is 9.47 Å². The molecular formula is C20H23NO4. The summed E-state index contributed by atoms with van der Waals surface area (Å²) in [6.07, 6.45) is 0.486. The van der Waals surface area contributed by atoms with Crippen molar-refractivity contribution < 1.29 is 19.4 Å². The first-order valence-electron chi connectivity index (χ1n) is 8.35. The van der Waals surface area contributed by atoms with Gasteiger partial charge in [0.15, 0.2) is 0 Å². The highest BCUT2D eigenvalue weighted by Gasteiger charge is 2.39. The molecular weight excluding hydrogens is 318 g/mol. The summed E-state index contributed by atoms with van der Waals surface area (Å²) in [6, 6.07) is 14.8. The monoisotopic (exact) mass is 341 g/mol. The highest BCUT2D eigenvalue weighted by atomic mass is 16.5. The van der Waals surface area contributed by atoms with Gasteiger partial charge >= 0.3 is 0 Å². The summed E-state index contributed by atoms with van der Waals surface area (Å²) in [6.45, 7) is 2.89. The molecule has 1 N–H and O–H groups in total. The third-order valence-corrected chi connectivity index (χ3v) is 4.45. The van der Waals surface area contributed by atoms with Crippen LogP contribution in [-0.4, -0.2) is 48.3 Å². The van der Waals surface area contributed by atoms with Crippen LogP contribution >= 0.6 is 0 Å². The quantitative estimate of drug-likeness (QED) is 0.908. The van der Waals surface area contributed by atoms with Crippen molar-refractivity contribution in [1.82, 2.24) is 4.90 Å². The van der Waals surface area contributed by atoms with E-state index in [2.05, 4.69) is 0 Å². The molecule has 5 nitrogen and oxygen atoms in total. The Morgan fingerprint density at radius 3 is 2.80 bits per heavy atom. The normalized spacial score (nSPS) is 19.7. The summed E-state index contributed by atoms with van der Waals surface area (Å²) in [5.74, 6) is 1.13. The first-order chi connectivity index (χ1) is 12.0. The second-order valence-electron chi connectivity index (χ2n) is 6.51. The van der Waals surface area contributed by atoms with E-state index in [1.165, 1.54) is 0 Å². The van der Waals surface area contributed by atoms with E-state index in [4.69, 9.17) is 9.47 Å². The summed E-state index contributed by atoms with van der Waals surface area (Å²) in [5.41, 5.74) is 0.569. The van der Waals surface area contributed by atoms with E-state index in [-0.39, 0.29) is 19.1 Å². The predicted molar refractivity (Wildman–Crippen MR) is 95.1 cm³/mol. The number of ether oxygens (including phenoxy) is 2. The molecule has 0 aromatic heterocycles. The molecule has 0 bridgehead atoms. The summed E-state index contributed by atoms with van der Waals surface area (Å²) in [4.78, 5) is 14.4. The van der Waals surface area contributed by atoms with Crippen molar-refractivity contribution in [3.63, 3.8) is 0 Å². The van der Waals surface area contributed by atoms with Crippen molar-refractivity contribution in [1.29, 1.82) is 0 Å². The number of aliphatic hydroxyl groups is 1. The number of nitrogens with zero attached hydrogens (tertiary/aromatic N) is 1. The minimum Gasteiger partial charge on any atom is -0.496 e. The van der Waals surface area contributed by atoms with Crippen molar-refractivity contribution in [2.75, 3.05) is 26.8 Å². The Bertz CT molecular complexity index is 761. The summed E-state index contributed by atoms with van der Waals surface area (Å²) < 4.78 is 11.0. The van der Waals surface area contributed by atoms with Gasteiger partial charge in [0.1, 0.15) is 23.7 Å². The third kappa shape index (κ3) is 3.94. The van der Waals surface area contributed by atoms with Gasteiger partial charge < -0.3 is 19.5 Å². The van der Waals surface area contributed by atoms with Crippen LogP contribution in [0.25, 0.3) is 0 Å². The maximum absolute atomic E-state index is 12.7. The molecule has 0 spiro atoms. The van der Waals surface area contributed by atoms with E-state index in [1.54, 1.807) is 30.2 Å². The Balaban J connectivity index is 1.65. The molecule has 0 unspecified atom stereocenters. The number of carbonyl (C=O) groups is 1. The van der Waals surface area contributed by atoms with Gasteiger partial charge in [0.2, 0.25) is 0 Å². The molecule has 2 aromatic carbocycles. The van der Waals surface area contributed by atoms with Gasteiger partial charge in [0, 0.05) is 6.54 Å². The van der Waals surface area contributed by atoms with Crippen molar-refractivity contribution >= 4 is 5.91 Å². The Hall–Kier alpha value is -2.53. The number of amides is 1. The van der Waals surface area contributed by atoms with Gasteiger partial charge in [-0.25, -0.2) is 0 Å². The van der Waals surface area contributed by atoms with Gasteiger partial charge in [-0.1, -0.05) is 24.3 Å². The Labute approximate surface area is 147 Å². The lowest BCUT2D eigenvalue weighted by Crippen LogP contribution is -2.40. The zero-order chi connectivity index (χ0) is 17.9. The standard InChI is InChI=1S/C20H23NO4/c1-15-6-5-7-16(12-15)25-14-20(23)10-11-21(13-20)19(22)17-8-3-4-9-18(17)24-2/h3-9,12,23H,10-11,13-14H2,1-2H3/t20-/m0/s1. The smallest absolute Gasteiger partial charge is 0.257 e. The average Bonchev–Trinajstić information content (AvgIpc) is 3.02. The van der Waals surface area contributed by atoms with Gasteiger partial charge in [-0.3, -0.25) is 4.79 Å². The highest BCUT2D eigenvalue weighted by Crippen LogP contribution is 2.27. The number of likely N-dealkylation sites (tertiary alicyclic amines) is 1. The van der Waals surface area contributed by atoms with Crippen LogP contribution in [0.15, 0.2) is 48.5 Å².